The van der Waals surface area contributed by atoms with Gasteiger partial charge in [0.1, 0.15) is 5.82 Å². The zero-order valence-corrected chi connectivity index (χ0v) is 18.8. The highest BCUT2D eigenvalue weighted by Gasteiger charge is 2.15. The summed E-state index contributed by atoms with van der Waals surface area (Å²) in [7, 11) is -3.57. The van der Waals surface area contributed by atoms with Crippen molar-refractivity contribution < 1.29 is 17.6 Å². The Hall–Kier alpha value is -2.23. The van der Waals surface area contributed by atoms with Crippen LogP contribution in [-0.2, 0) is 21.2 Å². The normalized spacial score (nSPS) is 12.4. The van der Waals surface area contributed by atoms with Crippen LogP contribution in [-0.4, -0.2) is 30.9 Å². The Labute approximate surface area is 182 Å². The number of carbonyl (C=O) groups excluding carboxylic acids is 1. The molecule has 0 spiro atoms. The molecule has 1 amide bonds. The fourth-order valence-electron chi connectivity index (χ4n) is 2.91. The van der Waals surface area contributed by atoms with Gasteiger partial charge in [-0.05, 0) is 55.1 Å². The fraction of sp³-hybridized carbons (Fsp3) is 0.238. The minimum atomic E-state index is -3.57. The van der Waals surface area contributed by atoms with Gasteiger partial charge in [0.25, 0.3) is 0 Å². The molecule has 0 saturated carbocycles. The highest BCUT2D eigenvalue weighted by molar-refractivity contribution is 7.98. The Morgan fingerprint density at radius 2 is 2.00 bits per heavy atom. The van der Waals surface area contributed by atoms with Gasteiger partial charge < -0.3 is 4.57 Å². The van der Waals surface area contributed by atoms with Crippen LogP contribution in [0.4, 0.5) is 4.39 Å². The van der Waals surface area contributed by atoms with Crippen molar-refractivity contribution in [3.05, 3.63) is 65.7 Å². The molecule has 1 heterocycles. The molecule has 2 aromatic carbocycles. The molecule has 0 aliphatic heterocycles. The number of rotatable bonds is 8. The van der Waals surface area contributed by atoms with Gasteiger partial charge in [-0.1, -0.05) is 17.4 Å². The molecule has 3 aromatic rings. The third kappa shape index (κ3) is 5.27. The molecule has 0 aliphatic rings. The van der Waals surface area contributed by atoms with Crippen molar-refractivity contribution in [1.29, 1.82) is 0 Å². The summed E-state index contributed by atoms with van der Waals surface area (Å²) in [5, 5.41) is 0. The Morgan fingerprint density at radius 1 is 1.27 bits per heavy atom. The molecule has 1 aromatic heterocycles. The van der Waals surface area contributed by atoms with E-state index >= 15 is 0 Å². The van der Waals surface area contributed by atoms with E-state index in [1.807, 2.05) is 23.0 Å². The lowest BCUT2D eigenvalue weighted by Crippen LogP contribution is -2.16. The van der Waals surface area contributed by atoms with E-state index in [-0.39, 0.29) is 29.4 Å². The van der Waals surface area contributed by atoms with Crippen molar-refractivity contribution in [2.75, 3.05) is 12.0 Å². The molecule has 0 bridgehead atoms. The van der Waals surface area contributed by atoms with Crippen molar-refractivity contribution >= 4 is 49.1 Å². The van der Waals surface area contributed by atoms with Crippen LogP contribution in [0.25, 0.3) is 10.2 Å². The summed E-state index contributed by atoms with van der Waals surface area (Å²) in [6.07, 6.45) is 3.90. The van der Waals surface area contributed by atoms with Crippen LogP contribution in [0, 0.1) is 5.82 Å². The summed E-state index contributed by atoms with van der Waals surface area (Å²) < 4.78 is 40.6. The summed E-state index contributed by atoms with van der Waals surface area (Å²) in [6.45, 7) is 4.29. The van der Waals surface area contributed by atoms with E-state index in [0.717, 1.165) is 27.2 Å². The van der Waals surface area contributed by atoms with E-state index in [4.69, 9.17) is 0 Å². The van der Waals surface area contributed by atoms with E-state index in [1.54, 1.807) is 17.8 Å². The summed E-state index contributed by atoms with van der Waals surface area (Å²) in [5.74, 6) is -1.07. The van der Waals surface area contributed by atoms with Gasteiger partial charge in [0.2, 0.25) is 5.91 Å². The van der Waals surface area contributed by atoms with Crippen molar-refractivity contribution in [1.82, 2.24) is 4.57 Å². The van der Waals surface area contributed by atoms with E-state index in [0.29, 0.717) is 11.3 Å². The molecule has 9 heteroatoms. The average molecular weight is 465 g/mol. The standard InChI is InChI=1S/C21H21FN2O3S3/c1-3-12-24-18-11-8-16(28-2)14-19(18)29-21(24)23-20(25)5-4-13-30(26,27)17-9-6-15(22)7-10-17/h3,6-11,14H,1,4-5,12-13H2,2H3. The maximum absolute atomic E-state index is 13.0. The number of amides is 1. The van der Waals surface area contributed by atoms with Gasteiger partial charge >= 0.3 is 0 Å². The van der Waals surface area contributed by atoms with E-state index < -0.39 is 15.7 Å². The van der Waals surface area contributed by atoms with Crippen LogP contribution >= 0.6 is 23.1 Å². The van der Waals surface area contributed by atoms with E-state index in [1.165, 1.54) is 23.5 Å². The van der Waals surface area contributed by atoms with Gasteiger partial charge in [-0.25, -0.2) is 12.8 Å². The highest BCUT2D eigenvalue weighted by Crippen LogP contribution is 2.24. The highest BCUT2D eigenvalue weighted by atomic mass is 32.2. The average Bonchev–Trinajstić information content (AvgIpc) is 3.04. The molecule has 30 heavy (non-hydrogen) atoms. The largest absolute Gasteiger partial charge is 0.313 e. The predicted molar refractivity (Wildman–Crippen MR) is 120 cm³/mol. The number of halogens is 1. The Morgan fingerprint density at radius 3 is 2.67 bits per heavy atom. The zero-order chi connectivity index (χ0) is 21.7. The van der Waals surface area contributed by atoms with Gasteiger partial charge in [-0.15, -0.1) is 18.3 Å². The number of allylic oxidation sites excluding steroid dienone is 1. The van der Waals surface area contributed by atoms with Crippen molar-refractivity contribution in [3.63, 3.8) is 0 Å². The maximum atomic E-state index is 13.0. The second kappa shape index (κ2) is 9.72. The lowest BCUT2D eigenvalue weighted by atomic mass is 10.3. The van der Waals surface area contributed by atoms with Crippen LogP contribution in [0.1, 0.15) is 12.8 Å². The van der Waals surface area contributed by atoms with Gasteiger partial charge in [0, 0.05) is 17.9 Å². The minimum absolute atomic E-state index is 0.0127. The molecular weight excluding hydrogens is 443 g/mol. The molecule has 0 saturated heterocycles. The monoisotopic (exact) mass is 464 g/mol. The predicted octanol–water partition coefficient (Wildman–Crippen LogP) is 4.43. The maximum Gasteiger partial charge on any atom is 0.248 e. The molecule has 0 N–H and O–H groups in total. The van der Waals surface area contributed by atoms with Gasteiger partial charge in [-0.2, -0.15) is 4.99 Å². The quantitative estimate of drug-likeness (QED) is 0.281. The Bertz CT molecular complexity index is 1240. The lowest BCUT2D eigenvalue weighted by molar-refractivity contribution is -0.118. The molecule has 0 fully saturated rings. The van der Waals surface area contributed by atoms with Crippen molar-refractivity contribution in [2.24, 2.45) is 4.99 Å². The Balaban J connectivity index is 1.76. The van der Waals surface area contributed by atoms with Crippen molar-refractivity contribution in [2.45, 2.75) is 29.2 Å². The zero-order valence-electron chi connectivity index (χ0n) is 16.4. The molecule has 0 unspecified atom stereocenters. The number of fused-ring (bicyclic) bond motifs is 1. The third-order valence-electron chi connectivity index (χ3n) is 4.40. The smallest absolute Gasteiger partial charge is 0.248 e. The van der Waals surface area contributed by atoms with E-state index in [9.17, 15) is 17.6 Å². The molecule has 0 aliphatic carbocycles. The number of thiazole rings is 1. The minimum Gasteiger partial charge on any atom is -0.313 e. The number of hydrogen-bond acceptors (Lipinski definition) is 5. The molecule has 0 radical (unpaired) electrons. The number of carbonyl (C=O) groups is 1. The third-order valence-corrected chi connectivity index (χ3v) is 7.98. The van der Waals surface area contributed by atoms with Gasteiger partial charge in [0.15, 0.2) is 14.6 Å². The topological polar surface area (TPSA) is 68.5 Å². The molecule has 158 valence electrons. The number of nitrogens with zero attached hydrogens (tertiary/aromatic N) is 2. The first-order valence-electron chi connectivity index (χ1n) is 9.18. The fourth-order valence-corrected chi connectivity index (χ4v) is 5.83. The van der Waals surface area contributed by atoms with Gasteiger partial charge in [0.05, 0.1) is 20.9 Å². The van der Waals surface area contributed by atoms with Crippen LogP contribution < -0.4 is 4.80 Å². The van der Waals surface area contributed by atoms with E-state index in [2.05, 4.69) is 17.6 Å². The summed E-state index contributed by atoms with van der Waals surface area (Å²) in [6, 6.07) is 10.8. The first-order valence-corrected chi connectivity index (χ1v) is 12.9. The van der Waals surface area contributed by atoms with Crippen LogP contribution in [0.5, 0.6) is 0 Å². The number of sulfone groups is 1. The second-order valence-corrected chi connectivity index (χ2v) is 10.5. The first kappa shape index (κ1) is 22.5. The molecular formula is C21H21FN2O3S3. The molecule has 5 nitrogen and oxygen atoms in total. The first-order chi connectivity index (χ1) is 14.3. The number of thioether (sulfide) groups is 1. The number of benzene rings is 2. The number of hydrogen-bond donors (Lipinski definition) is 0. The number of aromatic nitrogens is 1. The van der Waals surface area contributed by atoms with Gasteiger partial charge in [-0.3, -0.25) is 4.79 Å². The van der Waals surface area contributed by atoms with Crippen molar-refractivity contribution in [3.8, 4) is 0 Å². The summed E-state index contributed by atoms with van der Waals surface area (Å²) >= 11 is 3.06. The second-order valence-electron chi connectivity index (χ2n) is 6.50. The summed E-state index contributed by atoms with van der Waals surface area (Å²) in [5.41, 5.74) is 0.975. The van der Waals surface area contributed by atoms with Crippen LogP contribution in [0.2, 0.25) is 0 Å². The summed E-state index contributed by atoms with van der Waals surface area (Å²) in [4.78, 5) is 18.3. The molecule has 3 rings (SSSR count). The molecule has 0 atom stereocenters. The van der Waals surface area contributed by atoms with Crippen LogP contribution in [0.3, 0.4) is 0 Å². The lowest BCUT2D eigenvalue weighted by Gasteiger charge is -2.03. The Kier molecular flexibility index (Phi) is 7.27. The van der Waals surface area contributed by atoms with Crippen LogP contribution in [0.15, 0.2) is 69.9 Å². The SMILES string of the molecule is C=CCn1c(=NC(=O)CCCS(=O)(=O)c2ccc(F)cc2)sc2cc(SC)ccc21.